The lowest BCUT2D eigenvalue weighted by molar-refractivity contribution is 0.527. The van der Waals surface area contributed by atoms with E-state index in [1.165, 1.54) is 12.1 Å². The Morgan fingerprint density at radius 1 is 1.24 bits per heavy atom. The Bertz CT molecular complexity index is 645. The molecule has 3 aromatic rings. The monoisotopic (exact) mass is 247 g/mol. The molecule has 0 radical (unpaired) electrons. The van der Waals surface area contributed by atoms with E-state index in [-0.39, 0.29) is 11.9 Å². The first kappa shape index (κ1) is 10.5. The zero-order chi connectivity index (χ0) is 11.8. The third kappa shape index (κ3) is 1.85. The Morgan fingerprint density at radius 3 is 2.88 bits per heavy atom. The van der Waals surface area contributed by atoms with Crippen molar-refractivity contribution in [1.29, 1.82) is 0 Å². The van der Waals surface area contributed by atoms with E-state index in [4.69, 9.17) is 10.2 Å². The van der Waals surface area contributed by atoms with Gasteiger partial charge in [0, 0.05) is 10.3 Å². The van der Waals surface area contributed by atoms with E-state index in [0.717, 1.165) is 10.3 Å². The van der Waals surface area contributed by atoms with Crippen molar-refractivity contribution in [2.24, 2.45) is 5.73 Å². The van der Waals surface area contributed by atoms with Crippen LogP contribution in [0.4, 0.5) is 4.39 Å². The van der Waals surface area contributed by atoms with Gasteiger partial charge in [-0.3, -0.25) is 0 Å². The van der Waals surface area contributed by atoms with Crippen molar-refractivity contribution in [3.63, 3.8) is 0 Å². The van der Waals surface area contributed by atoms with E-state index in [1.54, 1.807) is 23.5 Å². The summed E-state index contributed by atoms with van der Waals surface area (Å²) < 4.78 is 18.7. The van der Waals surface area contributed by atoms with Gasteiger partial charge in [0.1, 0.15) is 17.2 Å². The Balaban J connectivity index is 2.06. The van der Waals surface area contributed by atoms with Crippen LogP contribution in [-0.2, 0) is 0 Å². The number of halogens is 1. The van der Waals surface area contributed by atoms with Crippen molar-refractivity contribution in [3.8, 4) is 0 Å². The number of thiophene rings is 1. The fourth-order valence-electron chi connectivity index (χ4n) is 1.80. The van der Waals surface area contributed by atoms with Crippen LogP contribution in [0.1, 0.15) is 16.7 Å². The van der Waals surface area contributed by atoms with Crippen LogP contribution in [0.15, 0.2) is 46.2 Å². The standard InChI is InChI=1S/C13H10FNOS/c14-9-3-4-10-8(6-9)7-11(16-10)13(15)12-2-1-5-17-12/h1-7,13H,15H2. The van der Waals surface area contributed by atoms with E-state index >= 15 is 0 Å². The molecule has 1 atom stereocenters. The zero-order valence-corrected chi connectivity index (χ0v) is 9.71. The SMILES string of the molecule is NC(c1cc2cc(F)ccc2o1)c1cccs1. The molecule has 2 N–H and O–H groups in total. The van der Waals surface area contributed by atoms with Crippen molar-refractivity contribution in [1.82, 2.24) is 0 Å². The molecule has 2 aromatic heterocycles. The predicted octanol–water partition coefficient (Wildman–Crippen LogP) is 3.68. The zero-order valence-electron chi connectivity index (χ0n) is 8.89. The maximum atomic E-state index is 13.0. The van der Waals surface area contributed by atoms with Crippen molar-refractivity contribution in [2.45, 2.75) is 6.04 Å². The highest BCUT2D eigenvalue weighted by Gasteiger charge is 2.15. The molecule has 0 spiro atoms. The maximum Gasteiger partial charge on any atom is 0.134 e. The molecule has 0 aliphatic heterocycles. The smallest absolute Gasteiger partial charge is 0.134 e. The average Bonchev–Trinajstić information content (AvgIpc) is 2.96. The fourth-order valence-corrected chi connectivity index (χ4v) is 2.53. The minimum Gasteiger partial charge on any atom is -0.459 e. The van der Waals surface area contributed by atoms with E-state index in [2.05, 4.69) is 0 Å². The van der Waals surface area contributed by atoms with Crippen LogP contribution in [0.25, 0.3) is 11.0 Å². The van der Waals surface area contributed by atoms with Crippen LogP contribution in [0.3, 0.4) is 0 Å². The molecule has 0 saturated carbocycles. The average molecular weight is 247 g/mol. The van der Waals surface area contributed by atoms with Gasteiger partial charge in [0.15, 0.2) is 0 Å². The van der Waals surface area contributed by atoms with Crippen LogP contribution in [-0.4, -0.2) is 0 Å². The normalized spacial score (nSPS) is 13.1. The van der Waals surface area contributed by atoms with Gasteiger partial charge >= 0.3 is 0 Å². The quantitative estimate of drug-likeness (QED) is 0.750. The molecule has 4 heteroatoms. The minimum absolute atomic E-state index is 0.269. The Hall–Kier alpha value is -1.65. The molecule has 1 aromatic carbocycles. The summed E-state index contributed by atoms with van der Waals surface area (Å²) in [5.74, 6) is 0.391. The van der Waals surface area contributed by atoms with Crippen LogP contribution in [0.2, 0.25) is 0 Å². The Labute approximate surface area is 101 Å². The summed E-state index contributed by atoms with van der Waals surface area (Å²) >= 11 is 1.58. The van der Waals surface area contributed by atoms with Gasteiger partial charge in [0.2, 0.25) is 0 Å². The molecule has 0 bridgehead atoms. The summed E-state index contributed by atoms with van der Waals surface area (Å²) in [6.07, 6.45) is 0. The molecule has 86 valence electrons. The number of hydrogen-bond donors (Lipinski definition) is 1. The van der Waals surface area contributed by atoms with Crippen molar-refractivity contribution >= 4 is 22.3 Å². The van der Waals surface area contributed by atoms with E-state index in [9.17, 15) is 4.39 Å². The van der Waals surface area contributed by atoms with Gasteiger partial charge in [0.05, 0.1) is 6.04 Å². The highest BCUT2D eigenvalue weighted by atomic mass is 32.1. The molecule has 0 aliphatic rings. The summed E-state index contributed by atoms with van der Waals surface area (Å²) in [5.41, 5.74) is 6.75. The molecule has 0 amide bonds. The largest absolute Gasteiger partial charge is 0.459 e. The molecule has 1 unspecified atom stereocenters. The third-order valence-corrected chi connectivity index (χ3v) is 3.61. The highest BCUT2D eigenvalue weighted by Crippen LogP contribution is 2.29. The van der Waals surface area contributed by atoms with Crippen molar-refractivity contribution < 1.29 is 8.81 Å². The number of rotatable bonds is 2. The van der Waals surface area contributed by atoms with Crippen LogP contribution in [0, 0.1) is 5.82 Å². The molecular formula is C13H10FNOS. The van der Waals surface area contributed by atoms with E-state index in [0.29, 0.717) is 11.3 Å². The second-order valence-electron chi connectivity index (χ2n) is 3.82. The first-order chi connectivity index (χ1) is 8.24. The predicted molar refractivity (Wildman–Crippen MR) is 66.5 cm³/mol. The molecule has 0 aliphatic carbocycles. The molecule has 2 heterocycles. The van der Waals surface area contributed by atoms with E-state index < -0.39 is 0 Å². The third-order valence-electron chi connectivity index (χ3n) is 2.65. The number of furan rings is 1. The summed E-state index contributed by atoms with van der Waals surface area (Å²) in [4.78, 5) is 1.03. The lowest BCUT2D eigenvalue weighted by Gasteiger charge is -2.04. The minimum atomic E-state index is -0.287. The lowest BCUT2D eigenvalue weighted by atomic mass is 10.2. The van der Waals surface area contributed by atoms with Crippen LogP contribution < -0.4 is 5.73 Å². The molecule has 0 fully saturated rings. The van der Waals surface area contributed by atoms with Gasteiger partial charge in [-0.15, -0.1) is 11.3 Å². The molecule has 0 saturated heterocycles. The van der Waals surface area contributed by atoms with Crippen molar-refractivity contribution in [2.75, 3.05) is 0 Å². The second kappa shape index (κ2) is 3.98. The molecule has 3 rings (SSSR count). The van der Waals surface area contributed by atoms with Crippen LogP contribution >= 0.6 is 11.3 Å². The summed E-state index contributed by atoms with van der Waals surface area (Å²) in [7, 11) is 0. The van der Waals surface area contributed by atoms with Gasteiger partial charge in [-0.25, -0.2) is 4.39 Å². The van der Waals surface area contributed by atoms with Crippen molar-refractivity contribution in [3.05, 3.63) is 58.2 Å². The van der Waals surface area contributed by atoms with Gasteiger partial charge < -0.3 is 10.2 Å². The topological polar surface area (TPSA) is 39.2 Å². The lowest BCUT2D eigenvalue weighted by Crippen LogP contribution is -2.08. The van der Waals surface area contributed by atoms with Crippen LogP contribution in [0.5, 0.6) is 0 Å². The Kier molecular flexibility index (Phi) is 2.46. The summed E-state index contributed by atoms with van der Waals surface area (Å²) in [6.45, 7) is 0. The molecule has 17 heavy (non-hydrogen) atoms. The van der Waals surface area contributed by atoms with E-state index in [1.807, 2.05) is 17.5 Å². The van der Waals surface area contributed by atoms with Gasteiger partial charge in [-0.1, -0.05) is 6.07 Å². The number of hydrogen-bond acceptors (Lipinski definition) is 3. The maximum absolute atomic E-state index is 13.0. The molecular weight excluding hydrogens is 237 g/mol. The molecule has 2 nitrogen and oxygen atoms in total. The van der Waals surface area contributed by atoms with Gasteiger partial charge in [-0.2, -0.15) is 0 Å². The number of nitrogens with two attached hydrogens (primary N) is 1. The number of benzene rings is 1. The summed E-state index contributed by atoms with van der Waals surface area (Å²) in [6, 6.07) is 9.87. The first-order valence-corrected chi connectivity index (χ1v) is 6.10. The second-order valence-corrected chi connectivity index (χ2v) is 4.80. The van der Waals surface area contributed by atoms with Gasteiger partial charge in [0.25, 0.3) is 0 Å². The Morgan fingerprint density at radius 2 is 2.12 bits per heavy atom. The van der Waals surface area contributed by atoms with Gasteiger partial charge in [-0.05, 0) is 35.7 Å². The summed E-state index contributed by atoms with van der Waals surface area (Å²) in [5, 5.41) is 2.71. The highest BCUT2D eigenvalue weighted by molar-refractivity contribution is 7.10. The fraction of sp³-hybridized carbons (Fsp3) is 0.0769. The number of fused-ring (bicyclic) bond motifs is 1. The first-order valence-electron chi connectivity index (χ1n) is 5.22.